The molecule has 1 aromatic rings. The third kappa shape index (κ3) is 2.60. The van der Waals surface area contributed by atoms with Gasteiger partial charge in [-0.15, -0.1) is 11.3 Å². The summed E-state index contributed by atoms with van der Waals surface area (Å²) in [5.41, 5.74) is 0. The number of hydrogen-bond acceptors (Lipinski definition) is 3. The molecule has 1 N–H and O–H groups in total. The van der Waals surface area contributed by atoms with Gasteiger partial charge in [-0.2, -0.15) is 0 Å². The number of hydrogen-bond donors (Lipinski definition) is 1. The van der Waals surface area contributed by atoms with E-state index in [4.69, 9.17) is 0 Å². The van der Waals surface area contributed by atoms with Crippen molar-refractivity contribution in [1.82, 2.24) is 10.2 Å². The minimum atomic E-state index is 0.584. The molecule has 1 fully saturated rings. The number of likely N-dealkylation sites (N-methyl/N-ethyl adjacent to an activating group) is 1. The summed E-state index contributed by atoms with van der Waals surface area (Å²) in [5.74, 6) is 0. The molecule has 0 bridgehead atoms. The maximum atomic E-state index is 3.40. The molecule has 1 aliphatic rings. The van der Waals surface area contributed by atoms with Crippen molar-refractivity contribution in [3.05, 3.63) is 22.4 Å². The Hall–Kier alpha value is -0.380. The van der Waals surface area contributed by atoms with E-state index in [-0.39, 0.29) is 0 Å². The third-order valence-corrected chi connectivity index (χ3v) is 4.41. The van der Waals surface area contributed by atoms with Gasteiger partial charge >= 0.3 is 0 Å². The lowest BCUT2D eigenvalue weighted by Gasteiger charge is -2.36. The Morgan fingerprint density at radius 3 is 3.13 bits per heavy atom. The van der Waals surface area contributed by atoms with E-state index in [1.54, 1.807) is 0 Å². The van der Waals surface area contributed by atoms with Gasteiger partial charge in [-0.25, -0.2) is 0 Å². The molecule has 2 rings (SSSR count). The normalized spacial score (nSPS) is 25.3. The molecule has 1 aromatic heterocycles. The van der Waals surface area contributed by atoms with Gasteiger partial charge in [0.2, 0.25) is 0 Å². The van der Waals surface area contributed by atoms with Gasteiger partial charge in [-0.05, 0) is 44.8 Å². The lowest BCUT2D eigenvalue weighted by atomic mass is 10.0. The Balaban J connectivity index is 1.98. The maximum Gasteiger partial charge on any atom is 0.0413 e. The molecule has 3 heteroatoms. The number of nitrogens with one attached hydrogen (secondary N) is 1. The van der Waals surface area contributed by atoms with Gasteiger partial charge in [0, 0.05) is 23.5 Å². The fourth-order valence-electron chi connectivity index (χ4n) is 2.30. The van der Waals surface area contributed by atoms with Crippen LogP contribution in [0.2, 0.25) is 0 Å². The maximum absolute atomic E-state index is 3.40. The lowest BCUT2D eigenvalue weighted by Crippen LogP contribution is -2.45. The quantitative estimate of drug-likeness (QED) is 0.848. The number of nitrogens with zero attached hydrogens (tertiary/aromatic N) is 1. The summed E-state index contributed by atoms with van der Waals surface area (Å²) in [7, 11) is 2.07. The lowest BCUT2D eigenvalue weighted by molar-refractivity contribution is 0.151. The Labute approximate surface area is 96.3 Å². The first-order chi connectivity index (χ1) is 7.31. The fraction of sp³-hybridized carbons (Fsp3) is 0.667. The van der Waals surface area contributed by atoms with Crippen LogP contribution in [-0.2, 0) is 0 Å². The fourth-order valence-corrected chi connectivity index (χ4v) is 3.12. The second kappa shape index (κ2) is 5.10. The SMILES string of the molecule is CNC1CCCN(C(C)c2cccs2)C1. The largest absolute Gasteiger partial charge is 0.316 e. The van der Waals surface area contributed by atoms with Crippen LogP contribution in [0.4, 0.5) is 0 Å². The highest BCUT2D eigenvalue weighted by molar-refractivity contribution is 7.10. The molecule has 2 unspecified atom stereocenters. The highest BCUT2D eigenvalue weighted by Gasteiger charge is 2.23. The van der Waals surface area contributed by atoms with E-state index in [0.717, 1.165) is 0 Å². The van der Waals surface area contributed by atoms with Crippen LogP contribution in [0, 0.1) is 0 Å². The van der Waals surface area contributed by atoms with E-state index in [1.165, 1.54) is 30.8 Å². The molecular formula is C12H20N2S. The Morgan fingerprint density at radius 2 is 2.47 bits per heavy atom. The molecule has 84 valence electrons. The minimum absolute atomic E-state index is 0.584. The second-order valence-corrected chi connectivity index (χ2v) is 5.29. The van der Waals surface area contributed by atoms with Crippen molar-refractivity contribution in [1.29, 1.82) is 0 Å². The minimum Gasteiger partial charge on any atom is -0.316 e. The molecule has 1 saturated heterocycles. The molecule has 2 atom stereocenters. The van der Waals surface area contributed by atoms with Crippen LogP contribution >= 0.6 is 11.3 Å². The predicted molar refractivity (Wildman–Crippen MR) is 66.4 cm³/mol. The Morgan fingerprint density at radius 1 is 1.60 bits per heavy atom. The Bertz CT molecular complexity index is 284. The smallest absolute Gasteiger partial charge is 0.0413 e. The van der Waals surface area contributed by atoms with Gasteiger partial charge in [0.05, 0.1) is 0 Å². The number of thiophene rings is 1. The van der Waals surface area contributed by atoms with Gasteiger partial charge in [-0.1, -0.05) is 6.07 Å². The van der Waals surface area contributed by atoms with Crippen LogP contribution in [0.25, 0.3) is 0 Å². The van der Waals surface area contributed by atoms with Crippen molar-refractivity contribution in [3.8, 4) is 0 Å². The van der Waals surface area contributed by atoms with E-state index >= 15 is 0 Å². The summed E-state index contributed by atoms with van der Waals surface area (Å²) in [6.45, 7) is 4.76. The van der Waals surface area contributed by atoms with E-state index in [0.29, 0.717) is 12.1 Å². The average molecular weight is 224 g/mol. The highest BCUT2D eigenvalue weighted by atomic mass is 32.1. The first-order valence-corrected chi connectivity index (χ1v) is 6.64. The molecule has 2 heterocycles. The summed E-state index contributed by atoms with van der Waals surface area (Å²) in [5, 5.41) is 5.57. The predicted octanol–water partition coefficient (Wildman–Crippen LogP) is 2.49. The zero-order valence-electron chi connectivity index (χ0n) is 9.57. The third-order valence-electron chi connectivity index (χ3n) is 3.36. The Kier molecular flexibility index (Phi) is 3.78. The summed E-state index contributed by atoms with van der Waals surface area (Å²) < 4.78 is 0. The molecule has 1 aliphatic heterocycles. The summed E-state index contributed by atoms with van der Waals surface area (Å²) in [4.78, 5) is 4.09. The number of piperidine rings is 1. The van der Waals surface area contributed by atoms with Crippen LogP contribution in [-0.4, -0.2) is 31.1 Å². The zero-order chi connectivity index (χ0) is 10.7. The van der Waals surface area contributed by atoms with Gasteiger partial charge in [0.1, 0.15) is 0 Å². The van der Waals surface area contributed by atoms with E-state index in [1.807, 2.05) is 11.3 Å². The number of likely N-dealkylation sites (tertiary alicyclic amines) is 1. The van der Waals surface area contributed by atoms with Crippen molar-refractivity contribution in [2.45, 2.75) is 31.8 Å². The monoisotopic (exact) mass is 224 g/mol. The molecule has 2 nitrogen and oxygen atoms in total. The first kappa shape index (κ1) is 11.1. The molecule has 15 heavy (non-hydrogen) atoms. The molecule has 0 spiro atoms. The summed E-state index contributed by atoms with van der Waals surface area (Å²) >= 11 is 1.87. The molecule has 0 radical (unpaired) electrons. The molecule has 0 saturated carbocycles. The molecular weight excluding hydrogens is 204 g/mol. The molecule has 0 amide bonds. The first-order valence-electron chi connectivity index (χ1n) is 5.76. The number of rotatable bonds is 3. The van der Waals surface area contributed by atoms with Crippen molar-refractivity contribution in [3.63, 3.8) is 0 Å². The van der Waals surface area contributed by atoms with Crippen molar-refractivity contribution >= 4 is 11.3 Å². The molecule has 0 aliphatic carbocycles. The van der Waals surface area contributed by atoms with Gasteiger partial charge in [0.15, 0.2) is 0 Å². The zero-order valence-corrected chi connectivity index (χ0v) is 10.4. The van der Waals surface area contributed by atoms with Crippen LogP contribution in [0.5, 0.6) is 0 Å². The van der Waals surface area contributed by atoms with Crippen LogP contribution in [0.1, 0.15) is 30.7 Å². The van der Waals surface area contributed by atoms with Crippen LogP contribution in [0.15, 0.2) is 17.5 Å². The summed E-state index contributed by atoms with van der Waals surface area (Å²) in [6, 6.07) is 5.66. The van der Waals surface area contributed by atoms with Crippen molar-refractivity contribution < 1.29 is 0 Å². The van der Waals surface area contributed by atoms with Crippen LogP contribution in [0.3, 0.4) is 0 Å². The van der Waals surface area contributed by atoms with Crippen molar-refractivity contribution in [2.75, 3.05) is 20.1 Å². The highest BCUT2D eigenvalue weighted by Crippen LogP contribution is 2.27. The molecule has 0 aromatic carbocycles. The average Bonchev–Trinajstić information content (AvgIpc) is 2.81. The van der Waals surface area contributed by atoms with Gasteiger partial charge < -0.3 is 5.32 Å². The van der Waals surface area contributed by atoms with Crippen LogP contribution < -0.4 is 5.32 Å². The standard InChI is InChI=1S/C12H20N2S/c1-10(12-6-4-8-15-12)14-7-3-5-11(9-14)13-2/h4,6,8,10-11,13H,3,5,7,9H2,1-2H3. The summed E-state index contributed by atoms with van der Waals surface area (Å²) in [6.07, 6.45) is 2.64. The van der Waals surface area contributed by atoms with E-state index < -0.39 is 0 Å². The van der Waals surface area contributed by atoms with Gasteiger partial charge in [-0.3, -0.25) is 4.90 Å². The van der Waals surface area contributed by atoms with Gasteiger partial charge in [0.25, 0.3) is 0 Å². The second-order valence-electron chi connectivity index (χ2n) is 4.31. The van der Waals surface area contributed by atoms with E-state index in [2.05, 4.69) is 41.7 Å². The topological polar surface area (TPSA) is 15.3 Å². The van der Waals surface area contributed by atoms with E-state index in [9.17, 15) is 0 Å². The van der Waals surface area contributed by atoms with Crippen molar-refractivity contribution in [2.24, 2.45) is 0 Å².